The maximum Gasteiger partial charge on any atom is 0.434 e. The van der Waals surface area contributed by atoms with E-state index in [4.69, 9.17) is 4.74 Å². The van der Waals surface area contributed by atoms with Crippen molar-refractivity contribution in [1.29, 1.82) is 0 Å². The van der Waals surface area contributed by atoms with Gasteiger partial charge in [-0.3, -0.25) is 4.98 Å². The van der Waals surface area contributed by atoms with E-state index in [0.717, 1.165) is 6.20 Å². The molecular weight excluding hydrogens is 417 g/mol. The third kappa shape index (κ3) is 4.63. The van der Waals surface area contributed by atoms with Crippen LogP contribution in [0.4, 0.5) is 13.2 Å². The Kier molecular flexibility index (Phi) is 6.77. The van der Waals surface area contributed by atoms with Crippen LogP contribution >= 0.6 is 0 Å². The number of ether oxygens (including phenoxy) is 1. The van der Waals surface area contributed by atoms with Gasteiger partial charge in [0.25, 0.3) is 0 Å². The summed E-state index contributed by atoms with van der Waals surface area (Å²) in [6, 6.07) is 5.03. The molecule has 6 atom stereocenters. The van der Waals surface area contributed by atoms with E-state index in [1.165, 1.54) is 6.08 Å². The lowest BCUT2D eigenvalue weighted by Crippen LogP contribution is -2.59. The van der Waals surface area contributed by atoms with Crippen molar-refractivity contribution in [3.8, 4) is 11.3 Å². The summed E-state index contributed by atoms with van der Waals surface area (Å²) in [6.45, 7) is 4.98. The van der Waals surface area contributed by atoms with Gasteiger partial charge in [0.15, 0.2) is 5.69 Å². The van der Waals surface area contributed by atoms with Gasteiger partial charge in [-0.2, -0.15) is 13.2 Å². The van der Waals surface area contributed by atoms with Crippen molar-refractivity contribution in [3.05, 3.63) is 60.1 Å². The van der Waals surface area contributed by atoms with Crippen molar-refractivity contribution >= 4 is 0 Å². The smallest absolute Gasteiger partial charge is 0.394 e. The summed E-state index contributed by atoms with van der Waals surface area (Å²) in [7, 11) is 0. The predicted octanol–water partition coefficient (Wildman–Crippen LogP) is 1.58. The number of hydrogen-bond acceptors (Lipinski definition) is 7. The van der Waals surface area contributed by atoms with Gasteiger partial charge < -0.3 is 25.2 Å². The largest absolute Gasteiger partial charge is 0.434 e. The van der Waals surface area contributed by atoms with E-state index in [0.29, 0.717) is 22.9 Å². The van der Waals surface area contributed by atoms with Gasteiger partial charge in [-0.15, -0.1) is 6.58 Å². The van der Waals surface area contributed by atoms with Crippen LogP contribution in [0.3, 0.4) is 0 Å². The highest BCUT2D eigenvalue weighted by Gasteiger charge is 2.46. The number of nitrogens with zero attached hydrogens (tertiary/aromatic N) is 2. The molecule has 0 spiro atoms. The lowest BCUT2D eigenvalue weighted by molar-refractivity contribution is -0.231. The predicted molar refractivity (Wildman–Crippen MR) is 104 cm³/mol. The third-order valence-electron chi connectivity index (χ3n) is 5.40. The van der Waals surface area contributed by atoms with E-state index in [2.05, 4.69) is 16.5 Å². The summed E-state index contributed by atoms with van der Waals surface area (Å²) in [5, 5.41) is 39.9. The molecule has 2 heterocycles. The van der Waals surface area contributed by atoms with Gasteiger partial charge in [-0.1, -0.05) is 18.2 Å². The Morgan fingerprint density at radius 2 is 1.84 bits per heavy atom. The van der Waals surface area contributed by atoms with Gasteiger partial charge >= 0.3 is 6.18 Å². The minimum atomic E-state index is -4.58. The van der Waals surface area contributed by atoms with Crippen molar-refractivity contribution < 1.29 is 38.3 Å². The third-order valence-corrected chi connectivity index (χ3v) is 5.40. The molecule has 4 N–H and O–H groups in total. The summed E-state index contributed by atoms with van der Waals surface area (Å²) >= 11 is 0. The zero-order valence-electron chi connectivity index (χ0n) is 16.6. The first-order valence-electron chi connectivity index (χ1n) is 9.51. The Balaban J connectivity index is 1.89. The second-order valence-electron chi connectivity index (χ2n) is 7.41. The van der Waals surface area contributed by atoms with Gasteiger partial charge in [0, 0.05) is 11.5 Å². The van der Waals surface area contributed by atoms with E-state index in [1.807, 2.05) is 0 Å². The van der Waals surface area contributed by atoms with Crippen LogP contribution in [0.25, 0.3) is 11.3 Å². The molecule has 3 rings (SSSR count). The number of rotatable bonds is 5. The van der Waals surface area contributed by atoms with Crippen molar-refractivity contribution in [3.63, 3.8) is 0 Å². The van der Waals surface area contributed by atoms with Crippen molar-refractivity contribution in [1.82, 2.24) is 9.97 Å². The average molecular weight is 440 g/mol. The monoisotopic (exact) mass is 440 g/mol. The molecule has 2 aromatic rings. The Hall–Kier alpha value is -2.37. The molecule has 7 nitrogen and oxygen atoms in total. The fourth-order valence-corrected chi connectivity index (χ4v) is 3.70. The molecule has 10 heteroatoms. The minimum Gasteiger partial charge on any atom is -0.394 e. The molecule has 1 saturated heterocycles. The minimum absolute atomic E-state index is 0.255. The van der Waals surface area contributed by atoms with Gasteiger partial charge in [0.05, 0.1) is 30.8 Å². The lowest BCUT2D eigenvalue weighted by atomic mass is 9.82. The van der Waals surface area contributed by atoms with Gasteiger partial charge in [-0.25, -0.2) is 4.98 Å². The van der Waals surface area contributed by atoms with Crippen LogP contribution in [0.5, 0.6) is 0 Å². The van der Waals surface area contributed by atoms with Crippen molar-refractivity contribution in [2.75, 3.05) is 6.61 Å². The van der Waals surface area contributed by atoms with Crippen LogP contribution in [0.2, 0.25) is 0 Å². The van der Waals surface area contributed by atoms with Crippen LogP contribution in [0.1, 0.15) is 22.7 Å². The molecule has 0 amide bonds. The number of halogens is 3. The molecule has 1 aromatic heterocycles. The molecule has 1 aliphatic heterocycles. The van der Waals surface area contributed by atoms with Crippen molar-refractivity contribution in [2.24, 2.45) is 0 Å². The maximum atomic E-state index is 12.7. The van der Waals surface area contributed by atoms with Gasteiger partial charge in [0.2, 0.25) is 0 Å². The number of hydrogen-bond donors (Lipinski definition) is 4. The first-order valence-corrected chi connectivity index (χ1v) is 9.51. The Labute approximate surface area is 176 Å². The Morgan fingerprint density at radius 3 is 2.35 bits per heavy atom. The average Bonchev–Trinajstić information content (AvgIpc) is 2.74. The van der Waals surface area contributed by atoms with Crippen LogP contribution < -0.4 is 0 Å². The SMILES string of the molecule is C=C[C@H](c1ccc(-c2cnc(C(F)(F)F)cn2)cc1C)[C@H]1OC(CO)[C@@H](O)[C@H](O)C1O. The van der Waals surface area contributed by atoms with Crippen LogP contribution in [-0.4, -0.2) is 67.5 Å². The zero-order chi connectivity index (χ0) is 22.9. The van der Waals surface area contributed by atoms with Crippen LogP contribution in [0, 0.1) is 6.92 Å². The molecule has 0 aliphatic carbocycles. The fraction of sp³-hybridized carbons (Fsp3) is 0.429. The zero-order valence-corrected chi connectivity index (χ0v) is 16.6. The Morgan fingerprint density at radius 1 is 1.13 bits per heavy atom. The number of aryl methyl sites for hydroxylation is 1. The summed E-state index contributed by atoms with van der Waals surface area (Å²) in [5.41, 5.74) is 1.10. The first kappa shape index (κ1) is 23.3. The topological polar surface area (TPSA) is 116 Å². The van der Waals surface area contributed by atoms with E-state index in [9.17, 15) is 33.6 Å². The summed E-state index contributed by atoms with van der Waals surface area (Å²) in [6.07, 6.45) is -7.79. The highest BCUT2D eigenvalue weighted by molar-refractivity contribution is 5.60. The normalized spacial score (nSPS) is 27.7. The molecule has 0 bridgehead atoms. The molecular formula is C21H23F3N2O5. The number of aliphatic hydroxyl groups excluding tert-OH is 4. The molecule has 168 valence electrons. The number of aliphatic hydroxyl groups is 4. The van der Waals surface area contributed by atoms with E-state index in [-0.39, 0.29) is 5.69 Å². The molecule has 0 saturated carbocycles. The van der Waals surface area contributed by atoms with Crippen molar-refractivity contribution in [2.45, 2.75) is 49.5 Å². The fourth-order valence-electron chi connectivity index (χ4n) is 3.70. The molecule has 2 unspecified atom stereocenters. The van der Waals surface area contributed by atoms with E-state index >= 15 is 0 Å². The standard InChI is InChI=1S/C21H23F3N2O5/c1-3-12(20-19(30)18(29)17(28)15(9-27)31-20)13-5-4-11(6-10(13)2)14-7-26-16(8-25-14)21(22,23)24/h3-8,12,15,17-20,27-30H,1,9H2,2H3/t12-,15?,17-,18+,19?,20-/m1/s1. The van der Waals surface area contributed by atoms with Crippen LogP contribution in [0.15, 0.2) is 43.2 Å². The number of benzene rings is 1. The van der Waals surface area contributed by atoms with E-state index < -0.39 is 54.9 Å². The highest BCUT2D eigenvalue weighted by Crippen LogP contribution is 2.35. The molecule has 0 radical (unpaired) electrons. The molecule has 31 heavy (non-hydrogen) atoms. The maximum absolute atomic E-state index is 12.7. The summed E-state index contributed by atoms with van der Waals surface area (Å²) in [5.74, 6) is -0.598. The second kappa shape index (κ2) is 9.01. The lowest BCUT2D eigenvalue weighted by Gasteiger charge is -2.43. The second-order valence-corrected chi connectivity index (χ2v) is 7.41. The van der Waals surface area contributed by atoms with E-state index in [1.54, 1.807) is 25.1 Å². The molecule has 1 fully saturated rings. The Bertz CT molecular complexity index is 920. The first-order chi connectivity index (χ1) is 14.6. The number of aromatic nitrogens is 2. The summed E-state index contributed by atoms with van der Waals surface area (Å²) < 4.78 is 43.7. The number of alkyl halides is 3. The summed E-state index contributed by atoms with van der Waals surface area (Å²) in [4.78, 5) is 7.25. The highest BCUT2D eigenvalue weighted by atomic mass is 19.4. The quantitative estimate of drug-likeness (QED) is 0.522. The molecule has 1 aromatic carbocycles. The molecule has 1 aliphatic rings. The van der Waals surface area contributed by atoms with Gasteiger partial charge in [-0.05, 0) is 24.1 Å². The van der Waals surface area contributed by atoms with Gasteiger partial charge in [0.1, 0.15) is 24.4 Å². The van der Waals surface area contributed by atoms with Crippen LogP contribution in [-0.2, 0) is 10.9 Å².